The summed E-state index contributed by atoms with van der Waals surface area (Å²) in [5.41, 5.74) is 2.30. The van der Waals surface area contributed by atoms with Crippen LogP contribution in [0.1, 0.15) is 38.7 Å². The highest BCUT2D eigenvalue weighted by molar-refractivity contribution is 6.35. The first kappa shape index (κ1) is 38.4. The van der Waals surface area contributed by atoms with Gasteiger partial charge in [-0.2, -0.15) is 5.10 Å². The average Bonchev–Trinajstić information content (AvgIpc) is 3.92. The number of carbonyl (C=O) groups excluding carboxylic acids is 2. The molecule has 0 aliphatic carbocycles. The molecule has 1 aromatic heterocycles. The van der Waals surface area contributed by atoms with Crippen molar-refractivity contribution in [3.8, 4) is 5.75 Å². The van der Waals surface area contributed by atoms with Gasteiger partial charge >= 0.3 is 6.03 Å². The number of nitrogens with zero attached hydrogens (tertiary/aromatic N) is 7. The zero-order chi connectivity index (χ0) is 38.9. The molecule has 8 rings (SSSR count). The number of amides is 3. The number of piperazine rings is 1. The van der Waals surface area contributed by atoms with E-state index < -0.39 is 17.4 Å². The zero-order valence-corrected chi connectivity index (χ0v) is 32.9. The normalized spacial score (nSPS) is 24.0. The standard InChI is InChI=1S/C40H45Cl2N7O7/c1-39(2)37(50)49(38(51)48(39)27-54-36-5-3-4-20-52-36)31-9-7-29(8-10-31)45-16-18-46(19-17-45)30-11-13-32(14-12-30)53-22-33-23-55-40(56-33,24-47-26-43-25-44-47)34-15-6-28(41)21-35(34)42/h6-15,21,25-26,33,36H,3-5,16-20,22-24,27H2,1-2H3. The van der Waals surface area contributed by atoms with Crippen LogP contribution >= 0.6 is 23.2 Å². The van der Waals surface area contributed by atoms with Crippen LogP contribution in [0.15, 0.2) is 79.4 Å². The van der Waals surface area contributed by atoms with Crippen molar-refractivity contribution in [3.05, 3.63) is 95.0 Å². The summed E-state index contributed by atoms with van der Waals surface area (Å²) < 4.78 is 32.1. The van der Waals surface area contributed by atoms with E-state index in [0.29, 0.717) is 34.5 Å². The Hall–Kier alpha value is -4.44. The first-order valence-electron chi connectivity index (χ1n) is 18.9. The minimum atomic E-state index is -1.18. The van der Waals surface area contributed by atoms with Crippen molar-refractivity contribution in [3.63, 3.8) is 0 Å². The topological polar surface area (TPSA) is 124 Å². The summed E-state index contributed by atoms with van der Waals surface area (Å²) in [6, 6.07) is 20.5. The van der Waals surface area contributed by atoms with Crippen LogP contribution in [0.25, 0.3) is 0 Å². The maximum absolute atomic E-state index is 13.5. The van der Waals surface area contributed by atoms with Gasteiger partial charge < -0.3 is 33.5 Å². The lowest BCUT2D eigenvalue weighted by atomic mass is 10.0. The number of urea groups is 1. The van der Waals surface area contributed by atoms with Crippen molar-refractivity contribution in [1.82, 2.24) is 19.7 Å². The summed E-state index contributed by atoms with van der Waals surface area (Å²) in [6.45, 7) is 8.26. The van der Waals surface area contributed by atoms with Crippen LogP contribution in [0.5, 0.6) is 5.75 Å². The third kappa shape index (κ3) is 7.91. The van der Waals surface area contributed by atoms with Gasteiger partial charge in [0.15, 0.2) is 6.29 Å². The molecule has 296 valence electrons. The Morgan fingerprint density at radius 1 is 0.893 bits per heavy atom. The minimum absolute atomic E-state index is 0.00347. The largest absolute Gasteiger partial charge is 0.491 e. The fraction of sp³-hybridized carbons (Fsp3) is 0.450. The van der Waals surface area contributed by atoms with E-state index in [0.717, 1.165) is 62.6 Å². The van der Waals surface area contributed by atoms with Crippen molar-refractivity contribution >= 4 is 52.2 Å². The van der Waals surface area contributed by atoms with E-state index in [1.807, 2.05) is 36.4 Å². The molecule has 0 N–H and O–H groups in total. The molecule has 5 heterocycles. The third-order valence-corrected chi connectivity index (χ3v) is 11.3. The van der Waals surface area contributed by atoms with Crippen LogP contribution in [0.2, 0.25) is 10.0 Å². The fourth-order valence-corrected chi connectivity index (χ4v) is 8.09. The molecule has 4 aliphatic rings. The first-order chi connectivity index (χ1) is 27.1. The molecule has 14 nitrogen and oxygen atoms in total. The number of carbonyl (C=O) groups is 2. The van der Waals surface area contributed by atoms with Crippen LogP contribution in [0, 0.1) is 0 Å². The SMILES string of the molecule is CC1(C)C(=O)N(c2ccc(N3CCN(c4ccc(OCC5COC(Cn6cncn6)(c6ccc(Cl)cc6Cl)O5)cc4)CC3)cc2)C(=O)N1COC1CCCCO1. The quantitative estimate of drug-likeness (QED) is 0.150. The number of ether oxygens (including phenoxy) is 5. The molecule has 56 heavy (non-hydrogen) atoms. The van der Waals surface area contributed by atoms with Gasteiger partial charge in [0.05, 0.1) is 17.3 Å². The summed E-state index contributed by atoms with van der Waals surface area (Å²) in [5.74, 6) is -0.737. The molecular formula is C40H45Cl2N7O7. The highest BCUT2D eigenvalue weighted by Gasteiger charge is 2.52. The molecule has 3 aromatic carbocycles. The summed E-state index contributed by atoms with van der Waals surface area (Å²) in [4.78, 5) is 38.4. The van der Waals surface area contributed by atoms with Gasteiger partial charge in [-0.05, 0) is 93.8 Å². The average molecular weight is 807 g/mol. The number of hydrogen-bond donors (Lipinski definition) is 0. The summed E-state index contributed by atoms with van der Waals surface area (Å²) >= 11 is 12.8. The fourth-order valence-electron chi connectivity index (χ4n) is 7.54. The van der Waals surface area contributed by atoms with Gasteiger partial charge in [0.2, 0.25) is 5.79 Å². The molecule has 4 aliphatic heterocycles. The number of benzene rings is 3. The molecule has 0 bridgehead atoms. The third-order valence-electron chi connectivity index (χ3n) is 10.8. The number of anilines is 3. The molecule has 4 fully saturated rings. The second kappa shape index (κ2) is 16.2. The Morgan fingerprint density at radius 3 is 2.23 bits per heavy atom. The minimum Gasteiger partial charge on any atom is -0.491 e. The molecule has 0 spiro atoms. The van der Waals surface area contributed by atoms with Crippen molar-refractivity contribution in [2.75, 3.05) is 67.4 Å². The van der Waals surface area contributed by atoms with E-state index in [4.69, 9.17) is 46.9 Å². The lowest BCUT2D eigenvalue weighted by molar-refractivity contribution is -0.190. The maximum atomic E-state index is 13.5. The Morgan fingerprint density at radius 2 is 1.59 bits per heavy atom. The Kier molecular flexibility index (Phi) is 11.1. The van der Waals surface area contributed by atoms with E-state index in [2.05, 4.69) is 32.0 Å². The molecule has 0 radical (unpaired) electrons. The van der Waals surface area contributed by atoms with Gasteiger partial charge in [0.25, 0.3) is 5.91 Å². The second-order valence-corrected chi connectivity index (χ2v) is 15.7. The van der Waals surface area contributed by atoms with Gasteiger partial charge in [-0.1, -0.05) is 29.3 Å². The van der Waals surface area contributed by atoms with E-state index in [9.17, 15) is 9.59 Å². The maximum Gasteiger partial charge on any atom is 0.334 e. The molecule has 16 heteroatoms. The Balaban J connectivity index is 0.829. The molecule has 3 amide bonds. The van der Waals surface area contributed by atoms with Gasteiger partial charge in [-0.25, -0.2) is 19.4 Å². The monoisotopic (exact) mass is 805 g/mol. The number of hydrogen-bond acceptors (Lipinski definition) is 11. The van der Waals surface area contributed by atoms with E-state index in [1.54, 1.807) is 43.1 Å². The van der Waals surface area contributed by atoms with Crippen molar-refractivity contribution in [2.24, 2.45) is 0 Å². The van der Waals surface area contributed by atoms with Crippen LogP contribution < -0.4 is 19.4 Å². The zero-order valence-electron chi connectivity index (χ0n) is 31.4. The van der Waals surface area contributed by atoms with Crippen LogP contribution in [0.4, 0.5) is 21.9 Å². The van der Waals surface area contributed by atoms with Crippen LogP contribution in [-0.4, -0.2) is 102 Å². The van der Waals surface area contributed by atoms with Gasteiger partial charge in [-0.15, -0.1) is 0 Å². The van der Waals surface area contributed by atoms with Crippen LogP contribution in [0.3, 0.4) is 0 Å². The second-order valence-electron chi connectivity index (χ2n) is 14.8. The molecule has 3 unspecified atom stereocenters. The van der Waals surface area contributed by atoms with Crippen LogP contribution in [-0.2, 0) is 36.1 Å². The van der Waals surface area contributed by atoms with Gasteiger partial charge in [0.1, 0.15) is 49.9 Å². The highest BCUT2D eigenvalue weighted by Crippen LogP contribution is 2.41. The summed E-state index contributed by atoms with van der Waals surface area (Å²) in [5, 5.41) is 5.19. The number of imide groups is 1. The van der Waals surface area contributed by atoms with Crippen molar-refractivity contribution < 1.29 is 33.3 Å². The number of aromatic nitrogens is 3. The number of halogens is 2. The number of rotatable bonds is 12. The molecule has 0 saturated carbocycles. The Labute approximate surface area is 335 Å². The first-order valence-corrected chi connectivity index (χ1v) is 19.7. The molecule has 4 aromatic rings. The lowest BCUT2D eigenvalue weighted by Crippen LogP contribution is -2.46. The van der Waals surface area contributed by atoms with Crippen molar-refractivity contribution in [2.45, 2.75) is 63.4 Å². The molecule has 4 saturated heterocycles. The predicted octanol–water partition coefficient (Wildman–Crippen LogP) is 6.31. The lowest BCUT2D eigenvalue weighted by Gasteiger charge is -2.37. The van der Waals surface area contributed by atoms with E-state index in [-0.39, 0.29) is 38.2 Å². The highest BCUT2D eigenvalue weighted by atomic mass is 35.5. The van der Waals surface area contributed by atoms with Crippen molar-refractivity contribution in [1.29, 1.82) is 0 Å². The predicted molar refractivity (Wildman–Crippen MR) is 210 cm³/mol. The van der Waals surface area contributed by atoms with Gasteiger partial charge in [-0.3, -0.25) is 9.69 Å². The van der Waals surface area contributed by atoms with E-state index in [1.165, 1.54) is 16.1 Å². The summed E-state index contributed by atoms with van der Waals surface area (Å²) in [6.07, 6.45) is 5.15. The molecule has 3 atom stereocenters. The Bertz CT molecular complexity index is 1990. The smallest absolute Gasteiger partial charge is 0.334 e. The van der Waals surface area contributed by atoms with Gasteiger partial charge in [0, 0.05) is 54.7 Å². The molecular weight excluding hydrogens is 761 g/mol. The summed E-state index contributed by atoms with van der Waals surface area (Å²) in [7, 11) is 0. The van der Waals surface area contributed by atoms with E-state index >= 15 is 0 Å².